The minimum Gasteiger partial charge on any atom is -0.467 e. The molecule has 15 heteroatoms. The molecule has 0 spiro atoms. The number of aromatic nitrogens is 2. The van der Waals surface area contributed by atoms with Gasteiger partial charge in [-0.2, -0.15) is 8.75 Å². The van der Waals surface area contributed by atoms with Crippen molar-refractivity contribution in [1.82, 2.24) is 14.1 Å². The first-order valence-corrected chi connectivity index (χ1v) is 14.3. The number of hydrogen-bond acceptors (Lipinski definition) is 8. The summed E-state index contributed by atoms with van der Waals surface area (Å²) in [5.41, 5.74) is 0.871. The first-order chi connectivity index (χ1) is 18.0. The molecule has 4 rings (SSSR count). The van der Waals surface area contributed by atoms with Crippen LogP contribution in [0.3, 0.4) is 0 Å². The lowest BCUT2D eigenvalue weighted by molar-refractivity contribution is -0.142. The molecule has 198 valence electrons. The van der Waals surface area contributed by atoms with Gasteiger partial charge in [0.15, 0.2) is 0 Å². The summed E-state index contributed by atoms with van der Waals surface area (Å²) in [6.45, 7) is 0. The molecule has 1 amide bonds. The summed E-state index contributed by atoms with van der Waals surface area (Å²) in [4.78, 5) is 25.3. The third-order valence-electron chi connectivity index (χ3n) is 5.29. The molecule has 0 fully saturated rings. The number of halogens is 4. The molecule has 38 heavy (non-hydrogen) atoms. The molecule has 0 bridgehead atoms. The summed E-state index contributed by atoms with van der Waals surface area (Å²) in [6, 6.07) is 9.91. The van der Waals surface area contributed by atoms with Gasteiger partial charge in [0.2, 0.25) is 0 Å². The van der Waals surface area contributed by atoms with E-state index in [0.29, 0.717) is 11.1 Å². The number of methoxy groups -OCH3 is 1. The van der Waals surface area contributed by atoms with Crippen LogP contribution in [0.4, 0.5) is 10.1 Å². The molecule has 9 nitrogen and oxygen atoms in total. The minimum absolute atomic E-state index is 0.0101. The number of esters is 1. The van der Waals surface area contributed by atoms with Gasteiger partial charge >= 0.3 is 5.97 Å². The molecule has 0 saturated carbocycles. The molecule has 1 atom stereocenters. The predicted molar refractivity (Wildman–Crippen MR) is 146 cm³/mol. The molecule has 0 aliphatic heterocycles. The monoisotopic (exact) mass is 660 g/mol. The molecular weight excluding hydrogens is 646 g/mol. The number of nitrogens with zero attached hydrogens (tertiary/aromatic N) is 2. The maximum Gasteiger partial charge on any atom is 0.328 e. The van der Waals surface area contributed by atoms with Crippen LogP contribution in [0.5, 0.6) is 0 Å². The van der Waals surface area contributed by atoms with E-state index in [2.05, 4.69) is 34.7 Å². The number of fused-ring (bicyclic) bond motifs is 1. The quantitative estimate of drug-likeness (QED) is 0.248. The lowest BCUT2D eigenvalue weighted by atomic mass is 10.1. The number of anilines is 1. The lowest BCUT2D eigenvalue weighted by Gasteiger charge is -2.18. The van der Waals surface area contributed by atoms with Crippen LogP contribution >= 0.6 is 50.9 Å². The maximum atomic E-state index is 13.6. The third-order valence-corrected chi connectivity index (χ3v) is 8.64. The van der Waals surface area contributed by atoms with Crippen molar-refractivity contribution in [3.8, 4) is 0 Å². The van der Waals surface area contributed by atoms with Crippen molar-refractivity contribution in [2.75, 3.05) is 11.8 Å². The van der Waals surface area contributed by atoms with Gasteiger partial charge in [-0.15, -0.1) is 0 Å². The highest BCUT2D eigenvalue weighted by molar-refractivity contribution is 9.10. The zero-order valence-electron chi connectivity index (χ0n) is 19.2. The largest absolute Gasteiger partial charge is 0.467 e. The summed E-state index contributed by atoms with van der Waals surface area (Å²) in [5, 5.41) is 2.29. The van der Waals surface area contributed by atoms with Crippen molar-refractivity contribution in [2.45, 2.75) is 17.4 Å². The Balaban J connectivity index is 1.62. The Bertz CT molecular complexity index is 1670. The molecule has 2 N–H and O–H groups in total. The first-order valence-electron chi connectivity index (χ1n) is 10.6. The zero-order valence-corrected chi connectivity index (χ0v) is 23.9. The average molecular weight is 662 g/mol. The van der Waals surface area contributed by atoms with E-state index in [1.807, 2.05) is 0 Å². The van der Waals surface area contributed by atoms with Crippen molar-refractivity contribution >= 4 is 89.5 Å². The van der Waals surface area contributed by atoms with Crippen molar-refractivity contribution in [3.63, 3.8) is 0 Å². The number of carbonyl (C=O) groups is 2. The van der Waals surface area contributed by atoms with Crippen LogP contribution in [-0.2, 0) is 26.0 Å². The Morgan fingerprint density at radius 3 is 2.63 bits per heavy atom. The van der Waals surface area contributed by atoms with Gasteiger partial charge in [0.25, 0.3) is 15.9 Å². The Kier molecular flexibility index (Phi) is 8.52. The Morgan fingerprint density at radius 2 is 1.92 bits per heavy atom. The van der Waals surface area contributed by atoms with Gasteiger partial charge in [0.1, 0.15) is 27.8 Å². The molecule has 4 aromatic rings. The molecule has 0 aliphatic carbocycles. The SMILES string of the molecule is COC(=O)[C@@H](Cc1ccc(F)c(Br)c1)NC(=O)c1cc(Cl)c(Cl)c(NS(=O)(=O)c2cccc3nsnc23)c1. The van der Waals surface area contributed by atoms with Crippen LogP contribution in [0.2, 0.25) is 10.0 Å². The number of amides is 1. The lowest BCUT2D eigenvalue weighted by Crippen LogP contribution is -2.43. The number of ether oxygens (including phenoxy) is 1. The van der Waals surface area contributed by atoms with E-state index in [4.69, 9.17) is 27.9 Å². The van der Waals surface area contributed by atoms with Crippen LogP contribution < -0.4 is 10.0 Å². The number of rotatable bonds is 8. The molecular formula is C23H16BrCl2FN4O5S2. The second kappa shape index (κ2) is 11.5. The highest BCUT2D eigenvalue weighted by Gasteiger charge is 2.26. The standard InChI is InChI=1S/C23H16BrCl2FN4O5S2/c1-36-23(33)18(8-11-5-6-15(27)13(24)7-11)28-22(32)12-9-14(25)20(26)17(10-12)31-38(34,35)19-4-2-3-16-21(19)30-37-29-16/h2-7,9-10,18,31H,8H2,1H3,(H,28,32)/t18-/m1/s1. The van der Waals surface area contributed by atoms with Gasteiger partial charge in [0, 0.05) is 12.0 Å². The summed E-state index contributed by atoms with van der Waals surface area (Å²) in [6.07, 6.45) is -0.0101. The van der Waals surface area contributed by atoms with Crippen LogP contribution in [0.25, 0.3) is 11.0 Å². The maximum absolute atomic E-state index is 13.6. The highest BCUT2D eigenvalue weighted by Crippen LogP contribution is 2.34. The van der Waals surface area contributed by atoms with Crippen LogP contribution in [0, 0.1) is 5.82 Å². The Labute approximate surface area is 238 Å². The second-order valence-electron chi connectivity index (χ2n) is 7.82. The van der Waals surface area contributed by atoms with E-state index in [1.54, 1.807) is 6.07 Å². The number of carbonyl (C=O) groups excluding carboxylic acids is 2. The number of nitrogens with one attached hydrogen (secondary N) is 2. The van der Waals surface area contributed by atoms with Gasteiger partial charge < -0.3 is 10.1 Å². The molecule has 0 radical (unpaired) electrons. The average Bonchev–Trinajstić information content (AvgIpc) is 3.36. The summed E-state index contributed by atoms with van der Waals surface area (Å²) >= 11 is 16.4. The second-order valence-corrected chi connectivity index (χ2v) is 11.6. The van der Waals surface area contributed by atoms with Gasteiger partial charge in [-0.05, 0) is 57.9 Å². The summed E-state index contributed by atoms with van der Waals surface area (Å²) < 4.78 is 55.3. The fraction of sp³-hybridized carbons (Fsp3) is 0.130. The first kappa shape index (κ1) is 28.2. The highest BCUT2D eigenvalue weighted by atomic mass is 79.9. The van der Waals surface area contributed by atoms with Gasteiger partial charge in [0.05, 0.1) is 39.0 Å². The number of sulfonamides is 1. The fourth-order valence-corrected chi connectivity index (χ4v) is 6.16. The normalized spacial score (nSPS) is 12.2. The van der Waals surface area contributed by atoms with Crippen molar-refractivity contribution in [1.29, 1.82) is 0 Å². The van der Waals surface area contributed by atoms with E-state index in [1.165, 1.54) is 42.5 Å². The third kappa shape index (κ3) is 6.07. The molecule has 1 aromatic heterocycles. The van der Waals surface area contributed by atoms with E-state index in [-0.39, 0.29) is 42.6 Å². The van der Waals surface area contributed by atoms with Crippen molar-refractivity contribution < 1.29 is 27.1 Å². The van der Waals surface area contributed by atoms with Crippen molar-refractivity contribution in [3.05, 3.63) is 80.0 Å². The van der Waals surface area contributed by atoms with Gasteiger partial charge in [-0.1, -0.05) is 35.3 Å². The molecule has 0 aliphatic rings. The predicted octanol–water partition coefficient (Wildman–Crippen LogP) is 5.21. The van der Waals surface area contributed by atoms with Crippen LogP contribution in [0.1, 0.15) is 15.9 Å². The summed E-state index contributed by atoms with van der Waals surface area (Å²) in [5.74, 6) is -1.99. The van der Waals surface area contributed by atoms with Crippen LogP contribution in [-0.4, -0.2) is 42.2 Å². The Hall–Kier alpha value is -2.84. The van der Waals surface area contributed by atoms with Gasteiger partial charge in [-0.25, -0.2) is 17.6 Å². The smallest absolute Gasteiger partial charge is 0.328 e. The van der Waals surface area contributed by atoms with Crippen molar-refractivity contribution in [2.24, 2.45) is 0 Å². The molecule has 0 unspecified atom stereocenters. The van der Waals surface area contributed by atoms with E-state index in [0.717, 1.165) is 18.8 Å². The summed E-state index contributed by atoms with van der Waals surface area (Å²) in [7, 11) is -3.05. The molecule has 0 saturated heterocycles. The minimum atomic E-state index is -4.21. The number of benzene rings is 3. The zero-order chi connectivity index (χ0) is 27.6. The van der Waals surface area contributed by atoms with Gasteiger partial charge in [-0.3, -0.25) is 9.52 Å². The van der Waals surface area contributed by atoms with Crippen LogP contribution in [0.15, 0.2) is 57.9 Å². The number of hydrogen-bond donors (Lipinski definition) is 2. The Morgan fingerprint density at radius 1 is 1.16 bits per heavy atom. The van der Waals surface area contributed by atoms with E-state index < -0.39 is 33.8 Å². The van der Waals surface area contributed by atoms with E-state index >= 15 is 0 Å². The van der Waals surface area contributed by atoms with E-state index in [9.17, 15) is 22.4 Å². The fourth-order valence-electron chi connectivity index (χ4n) is 3.47. The molecule has 1 heterocycles. The molecule has 3 aromatic carbocycles. The topological polar surface area (TPSA) is 127 Å².